The number of alkyl halides is 2. The molecule has 1 aliphatic rings. The molecule has 0 N–H and O–H groups in total. The number of carbonyl (C=O) groups is 2. The van der Waals surface area contributed by atoms with Gasteiger partial charge in [0.15, 0.2) is 0 Å². The lowest BCUT2D eigenvalue weighted by molar-refractivity contribution is -0.00133. The molecule has 0 spiro atoms. The summed E-state index contributed by atoms with van der Waals surface area (Å²) < 4.78 is 40.5. The molecule has 0 radical (unpaired) electrons. The molecule has 1 aliphatic heterocycles. The maximum absolute atomic E-state index is 14.8. The lowest BCUT2D eigenvalue weighted by atomic mass is 10.0. The fraction of sp³-hybridized carbons (Fsp3) is 0.462. The monoisotopic (exact) mass is 569 g/mol. The molecule has 0 saturated carbocycles. The topological polar surface area (TPSA) is 55.8 Å². The predicted molar refractivity (Wildman–Crippen MR) is 136 cm³/mol. The summed E-state index contributed by atoms with van der Waals surface area (Å²) in [6.45, 7) is 6.08. The van der Waals surface area contributed by atoms with Crippen LogP contribution in [0.25, 0.3) is 0 Å². The first-order valence-corrected chi connectivity index (χ1v) is 13.2. The summed E-state index contributed by atoms with van der Waals surface area (Å²) in [7, 11) is 0. The summed E-state index contributed by atoms with van der Waals surface area (Å²) in [5.74, 6) is -3.35. The van der Waals surface area contributed by atoms with Crippen LogP contribution in [0.4, 0.5) is 13.6 Å². The minimum absolute atomic E-state index is 0.0403. The average molecular weight is 570 g/mol. The van der Waals surface area contributed by atoms with Crippen LogP contribution in [0.2, 0.25) is 0 Å². The maximum atomic E-state index is 14.8. The van der Waals surface area contributed by atoms with Gasteiger partial charge in [0.2, 0.25) is 0 Å². The number of aryl methyl sites for hydroxylation is 2. The number of nitrogens with zero attached hydrogens (tertiary/aromatic N) is 1. The van der Waals surface area contributed by atoms with E-state index in [1.807, 2.05) is 6.07 Å². The zero-order chi connectivity index (χ0) is 25.6. The lowest BCUT2D eigenvalue weighted by Crippen LogP contribution is -2.45. The van der Waals surface area contributed by atoms with Crippen LogP contribution in [0.3, 0.4) is 0 Å². The van der Waals surface area contributed by atoms with Crippen molar-refractivity contribution < 1.29 is 27.8 Å². The summed E-state index contributed by atoms with van der Waals surface area (Å²) in [5, 5.41) is 0. The van der Waals surface area contributed by atoms with Crippen molar-refractivity contribution in [3.05, 3.63) is 67.8 Å². The number of esters is 1. The quantitative estimate of drug-likeness (QED) is 0.223. The molecule has 0 bridgehead atoms. The highest BCUT2D eigenvalue weighted by Crippen LogP contribution is 2.34. The zero-order valence-electron chi connectivity index (χ0n) is 20.1. The molecule has 0 unspecified atom stereocenters. The van der Waals surface area contributed by atoms with Crippen molar-refractivity contribution in [2.24, 2.45) is 0 Å². The Morgan fingerprint density at radius 1 is 1.34 bits per heavy atom. The molecule has 2 aromatic rings. The number of amides is 1. The first-order chi connectivity index (χ1) is 16.5. The van der Waals surface area contributed by atoms with Gasteiger partial charge in [0.25, 0.3) is 5.92 Å². The Morgan fingerprint density at radius 3 is 2.83 bits per heavy atom. The zero-order valence-corrected chi connectivity index (χ0v) is 22.5. The van der Waals surface area contributed by atoms with Crippen LogP contribution in [0.5, 0.6) is 0 Å². The Kier molecular flexibility index (Phi) is 9.47. The minimum atomic E-state index is -3.02. The van der Waals surface area contributed by atoms with Gasteiger partial charge in [0, 0.05) is 34.3 Å². The van der Waals surface area contributed by atoms with Crippen molar-refractivity contribution >= 4 is 39.3 Å². The van der Waals surface area contributed by atoms with Gasteiger partial charge in [-0.15, -0.1) is 11.3 Å². The number of hydrogen-bond acceptors (Lipinski definition) is 5. The minimum Gasteiger partial charge on any atom is -0.459 e. The molecule has 1 fully saturated rings. The van der Waals surface area contributed by atoms with E-state index in [0.29, 0.717) is 35.2 Å². The van der Waals surface area contributed by atoms with E-state index >= 15 is 0 Å². The second kappa shape index (κ2) is 12.1. The van der Waals surface area contributed by atoms with Crippen molar-refractivity contribution in [3.8, 4) is 0 Å². The largest absolute Gasteiger partial charge is 0.459 e. The van der Waals surface area contributed by atoms with Crippen molar-refractivity contribution in [2.75, 3.05) is 13.2 Å². The maximum Gasteiger partial charge on any atom is 0.410 e. The van der Waals surface area contributed by atoms with Crippen LogP contribution in [-0.2, 0) is 21.8 Å². The van der Waals surface area contributed by atoms with Crippen molar-refractivity contribution in [1.82, 2.24) is 4.90 Å². The van der Waals surface area contributed by atoms with E-state index in [-0.39, 0.29) is 30.3 Å². The molecule has 190 valence electrons. The number of benzene rings is 1. The van der Waals surface area contributed by atoms with Crippen molar-refractivity contribution in [3.63, 3.8) is 0 Å². The third-order valence-electron chi connectivity index (χ3n) is 5.50. The molecule has 0 aliphatic carbocycles. The molecule has 1 atom stereocenters. The number of thiophene rings is 1. The molecule has 1 saturated heterocycles. The van der Waals surface area contributed by atoms with Gasteiger partial charge in [0.05, 0.1) is 18.8 Å². The molecule has 5 nitrogen and oxygen atoms in total. The third kappa shape index (κ3) is 7.87. The number of cyclic esters (lactones) is 1. The smallest absolute Gasteiger partial charge is 0.410 e. The predicted octanol–water partition coefficient (Wildman–Crippen LogP) is 7.27. The lowest BCUT2D eigenvalue weighted by Gasteiger charge is -2.33. The van der Waals surface area contributed by atoms with Gasteiger partial charge in [-0.05, 0) is 63.4 Å². The molecule has 1 amide bonds. The standard InChI is InChI=1S/C26H30BrF2NO4S/c1-17(2)34-24(31)23-9-8-22(35-23)7-5-12-30-21(10-13-33-25(30)32)6-4-11-26(28,29)19-14-18(3)15-20(27)16-19/h4,6,8-9,14-17,21H,5,7,10-13H2,1-3H3/b6-4+/t21-/m0/s1. The Bertz CT molecular complexity index is 1050. The normalized spacial score (nSPS) is 16.7. The number of hydrogen-bond donors (Lipinski definition) is 0. The van der Waals surface area contributed by atoms with Crippen molar-refractivity contribution in [2.45, 2.75) is 64.5 Å². The number of rotatable bonds is 10. The van der Waals surface area contributed by atoms with E-state index in [9.17, 15) is 18.4 Å². The van der Waals surface area contributed by atoms with Gasteiger partial charge in [-0.3, -0.25) is 0 Å². The summed E-state index contributed by atoms with van der Waals surface area (Å²) in [4.78, 5) is 27.5. The summed E-state index contributed by atoms with van der Waals surface area (Å²) >= 11 is 4.66. The van der Waals surface area contributed by atoms with Gasteiger partial charge in [-0.1, -0.05) is 34.1 Å². The summed E-state index contributed by atoms with van der Waals surface area (Å²) in [6.07, 6.45) is 3.96. The van der Waals surface area contributed by atoms with Crippen LogP contribution < -0.4 is 0 Å². The summed E-state index contributed by atoms with van der Waals surface area (Å²) in [5.41, 5.74) is 0.718. The Hall–Kier alpha value is -2.26. The number of halogens is 3. The molecule has 1 aromatic carbocycles. The molecule has 1 aromatic heterocycles. The molecule has 3 rings (SSSR count). The van der Waals surface area contributed by atoms with Crippen LogP contribution in [0.1, 0.15) is 58.8 Å². The first-order valence-electron chi connectivity index (χ1n) is 11.6. The van der Waals surface area contributed by atoms with Crippen LogP contribution in [-0.4, -0.2) is 42.3 Å². The number of carbonyl (C=O) groups excluding carboxylic acids is 2. The Balaban J connectivity index is 1.57. The van der Waals surface area contributed by atoms with E-state index < -0.39 is 18.4 Å². The second-order valence-electron chi connectivity index (χ2n) is 8.84. The third-order valence-corrected chi connectivity index (χ3v) is 7.08. The Labute approximate surface area is 217 Å². The molecular formula is C26H30BrF2NO4S. The van der Waals surface area contributed by atoms with Gasteiger partial charge in [0.1, 0.15) is 4.88 Å². The number of ether oxygens (including phenoxy) is 2. The van der Waals surface area contributed by atoms with Gasteiger partial charge in [-0.25, -0.2) is 18.4 Å². The average Bonchev–Trinajstić information content (AvgIpc) is 3.23. The van der Waals surface area contributed by atoms with E-state index in [0.717, 1.165) is 10.4 Å². The summed E-state index contributed by atoms with van der Waals surface area (Å²) in [6, 6.07) is 8.05. The fourth-order valence-electron chi connectivity index (χ4n) is 3.85. The van der Waals surface area contributed by atoms with E-state index in [1.54, 1.807) is 43.9 Å². The Morgan fingerprint density at radius 2 is 2.11 bits per heavy atom. The SMILES string of the molecule is Cc1cc(Br)cc(C(F)(F)C/C=C/[C@H]2CCOC(=O)N2CCCc2ccc(C(=O)OC(C)C)s2)c1. The van der Waals surface area contributed by atoms with Crippen LogP contribution in [0, 0.1) is 6.92 Å². The molecule has 9 heteroatoms. The highest BCUT2D eigenvalue weighted by molar-refractivity contribution is 9.10. The van der Waals surface area contributed by atoms with Crippen molar-refractivity contribution in [1.29, 1.82) is 0 Å². The number of allylic oxidation sites excluding steroid dienone is 1. The van der Waals surface area contributed by atoms with Crippen LogP contribution in [0.15, 0.2) is 47.0 Å². The van der Waals surface area contributed by atoms with Gasteiger partial charge >= 0.3 is 12.1 Å². The fourth-order valence-corrected chi connectivity index (χ4v) is 5.39. The van der Waals surface area contributed by atoms with E-state index in [2.05, 4.69) is 15.9 Å². The van der Waals surface area contributed by atoms with Gasteiger partial charge < -0.3 is 14.4 Å². The highest BCUT2D eigenvalue weighted by Gasteiger charge is 2.32. The first kappa shape index (κ1) is 27.3. The second-order valence-corrected chi connectivity index (χ2v) is 10.9. The molecule has 2 heterocycles. The van der Waals surface area contributed by atoms with Gasteiger partial charge in [-0.2, -0.15) is 0 Å². The molecule has 35 heavy (non-hydrogen) atoms. The van der Waals surface area contributed by atoms with E-state index in [4.69, 9.17) is 9.47 Å². The highest BCUT2D eigenvalue weighted by atomic mass is 79.9. The van der Waals surface area contributed by atoms with E-state index in [1.165, 1.54) is 29.5 Å². The molecular weight excluding hydrogens is 540 g/mol. The van der Waals surface area contributed by atoms with Crippen LogP contribution >= 0.6 is 27.3 Å².